The van der Waals surface area contributed by atoms with Gasteiger partial charge in [-0.15, -0.1) is 0 Å². The van der Waals surface area contributed by atoms with E-state index in [1.807, 2.05) is 19.2 Å². The summed E-state index contributed by atoms with van der Waals surface area (Å²) in [4.78, 5) is 16.4. The highest BCUT2D eigenvalue weighted by Crippen LogP contribution is 2.15. The molecule has 0 saturated carbocycles. The number of hydrogen-bond acceptors (Lipinski definition) is 5. The molecular weight excluding hydrogens is 272 g/mol. The van der Waals surface area contributed by atoms with E-state index in [9.17, 15) is 4.79 Å². The van der Waals surface area contributed by atoms with Gasteiger partial charge in [0.15, 0.2) is 0 Å². The Morgan fingerprint density at radius 3 is 3.00 bits per heavy atom. The van der Waals surface area contributed by atoms with Gasteiger partial charge in [0, 0.05) is 17.9 Å². The van der Waals surface area contributed by atoms with Crippen molar-refractivity contribution in [2.75, 3.05) is 5.43 Å². The molecule has 0 saturated heterocycles. The first kappa shape index (κ1) is 14.5. The minimum Gasteiger partial charge on any atom is -0.349 e. The van der Waals surface area contributed by atoms with E-state index in [2.05, 4.69) is 27.2 Å². The molecule has 2 aromatic rings. The minimum absolute atomic E-state index is 0.0454. The van der Waals surface area contributed by atoms with Gasteiger partial charge in [-0.05, 0) is 48.7 Å². The van der Waals surface area contributed by atoms with Crippen molar-refractivity contribution in [3.63, 3.8) is 0 Å². The number of hydrazine groups is 1. The van der Waals surface area contributed by atoms with Gasteiger partial charge in [-0.1, -0.05) is 0 Å². The lowest BCUT2D eigenvalue weighted by molar-refractivity contribution is 0.0940. The Morgan fingerprint density at radius 1 is 1.55 bits per heavy atom. The lowest BCUT2D eigenvalue weighted by Crippen LogP contribution is -2.34. The number of nitrogens with one attached hydrogen (secondary N) is 2. The van der Waals surface area contributed by atoms with Crippen molar-refractivity contribution in [3.05, 3.63) is 45.9 Å². The van der Waals surface area contributed by atoms with Crippen LogP contribution in [0.3, 0.4) is 0 Å². The summed E-state index contributed by atoms with van der Waals surface area (Å²) >= 11 is 1.66. The SMILES string of the molecule is Cc1cc(NN)c(C(=O)NC(C)Cc2ccsc2)cn1. The lowest BCUT2D eigenvalue weighted by Gasteiger charge is -2.15. The summed E-state index contributed by atoms with van der Waals surface area (Å²) < 4.78 is 0. The van der Waals surface area contributed by atoms with Crippen LogP contribution in [-0.2, 0) is 6.42 Å². The van der Waals surface area contributed by atoms with Crippen molar-refractivity contribution in [3.8, 4) is 0 Å². The summed E-state index contributed by atoms with van der Waals surface area (Å²) in [6.07, 6.45) is 2.34. The Morgan fingerprint density at radius 2 is 2.35 bits per heavy atom. The molecule has 1 atom stereocenters. The third-order valence-electron chi connectivity index (χ3n) is 2.94. The highest BCUT2D eigenvalue weighted by molar-refractivity contribution is 7.07. The largest absolute Gasteiger partial charge is 0.349 e. The fourth-order valence-electron chi connectivity index (χ4n) is 1.98. The first-order chi connectivity index (χ1) is 9.60. The second-order valence-electron chi connectivity index (χ2n) is 4.73. The average Bonchev–Trinajstić information content (AvgIpc) is 2.90. The van der Waals surface area contributed by atoms with E-state index in [1.54, 1.807) is 17.4 Å². The van der Waals surface area contributed by atoms with Crippen LogP contribution >= 0.6 is 11.3 Å². The van der Waals surface area contributed by atoms with Crippen LogP contribution in [0.2, 0.25) is 0 Å². The zero-order valence-electron chi connectivity index (χ0n) is 11.5. The van der Waals surface area contributed by atoms with Gasteiger partial charge in [-0.25, -0.2) is 0 Å². The fourth-order valence-corrected chi connectivity index (χ4v) is 2.66. The van der Waals surface area contributed by atoms with E-state index in [0.29, 0.717) is 11.3 Å². The van der Waals surface area contributed by atoms with Crippen LogP contribution in [-0.4, -0.2) is 16.9 Å². The first-order valence-electron chi connectivity index (χ1n) is 6.35. The second-order valence-corrected chi connectivity index (χ2v) is 5.51. The van der Waals surface area contributed by atoms with Crippen molar-refractivity contribution in [1.82, 2.24) is 10.3 Å². The van der Waals surface area contributed by atoms with Crippen LogP contribution in [0.4, 0.5) is 5.69 Å². The Bertz CT molecular complexity index is 583. The number of aryl methyl sites for hydroxylation is 1. The van der Waals surface area contributed by atoms with E-state index in [4.69, 9.17) is 5.84 Å². The number of carbonyl (C=O) groups excluding carboxylic acids is 1. The quantitative estimate of drug-likeness (QED) is 0.582. The van der Waals surface area contributed by atoms with Crippen LogP contribution in [0.15, 0.2) is 29.1 Å². The highest BCUT2D eigenvalue weighted by Gasteiger charge is 2.14. The maximum Gasteiger partial charge on any atom is 0.255 e. The summed E-state index contributed by atoms with van der Waals surface area (Å²) in [5.41, 5.74) is 5.60. The molecule has 2 aromatic heterocycles. The van der Waals surface area contributed by atoms with Gasteiger partial charge in [0.2, 0.25) is 0 Å². The van der Waals surface area contributed by atoms with Gasteiger partial charge in [0.05, 0.1) is 11.3 Å². The molecular formula is C14H18N4OS. The maximum absolute atomic E-state index is 12.2. The number of thiophene rings is 1. The summed E-state index contributed by atoms with van der Waals surface area (Å²) in [6.45, 7) is 3.83. The fraction of sp³-hybridized carbons (Fsp3) is 0.286. The van der Waals surface area contributed by atoms with Gasteiger partial charge in [0.25, 0.3) is 5.91 Å². The molecule has 5 nitrogen and oxygen atoms in total. The average molecular weight is 290 g/mol. The van der Waals surface area contributed by atoms with Crippen molar-refractivity contribution in [2.45, 2.75) is 26.3 Å². The number of amides is 1. The zero-order chi connectivity index (χ0) is 14.5. The van der Waals surface area contributed by atoms with E-state index in [-0.39, 0.29) is 11.9 Å². The Hall–Kier alpha value is -1.92. The number of nitrogens with two attached hydrogens (primary N) is 1. The van der Waals surface area contributed by atoms with Crippen LogP contribution in [0.1, 0.15) is 28.5 Å². The third-order valence-corrected chi connectivity index (χ3v) is 3.67. The molecule has 0 bridgehead atoms. The van der Waals surface area contributed by atoms with E-state index < -0.39 is 0 Å². The van der Waals surface area contributed by atoms with E-state index in [1.165, 1.54) is 11.8 Å². The molecule has 2 heterocycles. The standard InChI is InChI=1S/C14H18N4OS/c1-9-6-13(18-15)12(7-16-9)14(19)17-10(2)5-11-3-4-20-8-11/h3-4,6-8,10H,5,15H2,1-2H3,(H,16,18)(H,17,19). The lowest BCUT2D eigenvalue weighted by atomic mass is 10.1. The van der Waals surface area contributed by atoms with E-state index in [0.717, 1.165) is 12.1 Å². The summed E-state index contributed by atoms with van der Waals surface area (Å²) in [6, 6.07) is 3.86. The number of rotatable bonds is 5. The van der Waals surface area contributed by atoms with Crippen LogP contribution in [0, 0.1) is 6.92 Å². The maximum atomic E-state index is 12.2. The molecule has 0 aromatic carbocycles. The number of hydrogen-bond donors (Lipinski definition) is 3. The monoisotopic (exact) mass is 290 g/mol. The molecule has 0 aliphatic carbocycles. The topological polar surface area (TPSA) is 80.0 Å². The van der Waals surface area contributed by atoms with Gasteiger partial charge in [-0.2, -0.15) is 11.3 Å². The van der Waals surface area contributed by atoms with Gasteiger partial charge in [0.1, 0.15) is 0 Å². The molecule has 0 aliphatic heterocycles. The normalized spacial score (nSPS) is 11.9. The van der Waals surface area contributed by atoms with Crippen molar-refractivity contribution in [1.29, 1.82) is 0 Å². The zero-order valence-corrected chi connectivity index (χ0v) is 12.3. The molecule has 6 heteroatoms. The van der Waals surface area contributed by atoms with Crippen molar-refractivity contribution >= 4 is 22.9 Å². The third kappa shape index (κ3) is 3.55. The minimum atomic E-state index is -0.173. The summed E-state index contributed by atoms with van der Waals surface area (Å²) in [5.74, 6) is 5.27. The first-order valence-corrected chi connectivity index (χ1v) is 7.29. The predicted octanol–water partition coefficient (Wildman–Crippen LogP) is 2.10. The summed E-state index contributed by atoms with van der Waals surface area (Å²) in [7, 11) is 0. The second kappa shape index (κ2) is 6.49. The molecule has 1 amide bonds. The highest BCUT2D eigenvalue weighted by atomic mass is 32.1. The molecule has 1 unspecified atom stereocenters. The smallest absolute Gasteiger partial charge is 0.255 e. The van der Waals surface area contributed by atoms with Gasteiger partial charge in [-0.3, -0.25) is 15.6 Å². The van der Waals surface area contributed by atoms with Crippen LogP contribution in [0.25, 0.3) is 0 Å². The Labute approximate surface area is 122 Å². The Kier molecular flexibility index (Phi) is 4.70. The molecule has 2 rings (SSSR count). The molecule has 20 heavy (non-hydrogen) atoms. The molecule has 0 spiro atoms. The summed E-state index contributed by atoms with van der Waals surface area (Å²) in [5, 5.41) is 7.08. The van der Waals surface area contributed by atoms with E-state index >= 15 is 0 Å². The number of carbonyl (C=O) groups is 1. The molecule has 0 fully saturated rings. The number of aromatic nitrogens is 1. The van der Waals surface area contributed by atoms with Gasteiger partial charge >= 0.3 is 0 Å². The predicted molar refractivity (Wildman–Crippen MR) is 81.7 cm³/mol. The van der Waals surface area contributed by atoms with Crippen LogP contribution in [0.5, 0.6) is 0 Å². The Balaban J connectivity index is 2.04. The number of pyridine rings is 1. The molecule has 4 N–H and O–H groups in total. The molecule has 0 radical (unpaired) electrons. The number of anilines is 1. The molecule has 106 valence electrons. The van der Waals surface area contributed by atoms with Crippen molar-refractivity contribution < 1.29 is 4.79 Å². The van der Waals surface area contributed by atoms with Crippen LogP contribution < -0.4 is 16.6 Å². The van der Waals surface area contributed by atoms with Crippen molar-refractivity contribution in [2.24, 2.45) is 5.84 Å². The number of nitrogen functional groups attached to an aromatic ring is 1. The molecule has 0 aliphatic rings. The van der Waals surface area contributed by atoms with Gasteiger partial charge < -0.3 is 10.7 Å². The number of nitrogens with zero attached hydrogens (tertiary/aromatic N) is 1.